The standard InChI is InChI=1S/C30H33Cl2NO/c1-2-3-5-21-6-4-7-26(18-21)33-27-16-17-28(33)20-29(19-27)34-30(22-8-12-24(31)13-9-22)23-10-14-25(32)15-11-23/h4,6-15,18,27-30H,2-3,5,16-17,19-20H2,1H3/t27-,28+,29?. The molecule has 0 amide bonds. The van der Waals surface area contributed by atoms with Crippen LogP contribution in [0.15, 0.2) is 72.8 Å². The molecule has 2 nitrogen and oxygen atoms in total. The van der Waals surface area contributed by atoms with E-state index in [0.717, 1.165) is 34.0 Å². The number of halogens is 2. The molecule has 4 heteroatoms. The molecule has 34 heavy (non-hydrogen) atoms. The zero-order valence-electron chi connectivity index (χ0n) is 19.8. The van der Waals surface area contributed by atoms with E-state index in [4.69, 9.17) is 27.9 Å². The maximum atomic E-state index is 6.87. The minimum atomic E-state index is -0.122. The molecule has 3 atom stereocenters. The largest absolute Gasteiger partial charge is 0.365 e. The molecule has 2 saturated heterocycles. The van der Waals surface area contributed by atoms with Gasteiger partial charge in [-0.05, 0) is 91.6 Å². The van der Waals surface area contributed by atoms with Gasteiger partial charge in [0.2, 0.25) is 0 Å². The summed E-state index contributed by atoms with van der Waals surface area (Å²) in [5.41, 5.74) is 5.12. The number of ether oxygens (including phenoxy) is 1. The fourth-order valence-corrected chi connectivity index (χ4v) is 5.98. The van der Waals surface area contributed by atoms with E-state index >= 15 is 0 Å². The zero-order valence-corrected chi connectivity index (χ0v) is 21.3. The number of unbranched alkanes of at least 4 members (excludes halogenated alkanes) is 1. The van der Waals surface area contributed by atoms with Crippen LogP contribution in [0.2, 0.25) is 10.0 Å². The van der Waals surface area contributed by atoms with Gasteiger partial charge in [-0.2, -0.15) is 0 Å². The molecule has 2 aliphatic heterocycles. The fraction of sp³-hybridized carbons (Fsp3) is 0.400. The fourth-order valence-electron chi connectivity index (χ4n) is 5.73. The van der Waals surface area contributed by atoms with E-state index in [0.29, 0.717) is 12.1 Å². The predicted octanol–water partition coefficient (Wildman–Crippen LogP) is 8.64. The molecule has 2 bridgehead atoms. The number of rotatable bonds is 8. The van der Waals surface area contributed by atoms with Crippen LogP contribution in [0.4, 0.5) is 5.69 Å². The van der Waals surface area contributed by atoms with Crippen molar-refractivity contribution in [2.75, 3.05) is 4.90 Å². The van der Waals surface area contributed by atoms with Crippen LogP contribution in [0.3, 0.4) is 0 Å². The summed E-state index contributed by atoms with van der Waals surface area (Å²) in [7, 11) is 0. The lowest BCUT2D eigenvalue weighted by atomic mass is 9.96. The summed E-state index contributed by atoms with van der Waals surface area (Å²) in [5, 5.41) is 1.48. The lowest BCUT2D eigenvalue weighted by Crippen LogP contribution is -2.46. The number of benzene rings is 3. The van der Waals surface area contributed by atoms with E-state index in [-0.39, 0.29) is 12.2 Å². The summed E-state index contributed by atoms with van der Waals surface area (Å²) in [6.07, 6.45) is 8.39. The molecule has 178 valence electrons. The van der Waals surface area contributed by atoms with Crippen LogP contribution in [0, 0.1) is 0 Å². The van der Waals surface area contributed by atoms with E-state index < -0.39 is 0 Å². The third-order valence-corrected chi connectivity index (χ3v) is 7.90. The van der Waals surface area contributed by atoms with Gasteiger partial charge in [-0.15, -0.1) is 0 Å². The molecular formula is C30H33Cl2NO. The number of nitrogens with zero attached hydrogens (tertiary/aromatic N) is 1. The lowest BCUT2D eigenvalue weighted by molar-refractivity contribution is -0.0132. The van der Waals surface area contributed by atoms with Crippen LogP contribution in [0.25, 0.3) is 0 Å². The van der Waals surface area contributed by atoms with Gasteiger partial charge in [0.1, 0.15) is 6.10 Å². The molecule has 0 radical (unpaired) electrons. The Balaban J connectivity index is 1.34. The number of piperidine rings is 1. The highest BCUT2D eigenvalue weighted by atomic mass is 35.5. The summed E-state index contributed by atoms with van der Waals surface area (Å²) in [6.45, 7) is 2.26. The maximum Gasteiger partial charge on any atom is 0.108 e. The Morgan fingerprint density at radius 3 is 2.00 bits per heavy atom. The minimum Gasteiger partial charge on any atom is -0.365 e. The maximum absolute atomic E-state index is 6.87. The first-order valence-electron chi connectivity index (χ1n) is 12.6. The van der Waals surface area contributed by atoms with Gasteiger partial charge in [0, 0.05) is 27.8 Å². The number of fused-ring (bicyclic) bond motifs is 2. The number of hydrogen-bond acceptors (Lipinski definition) is 2. The van der Waals surface area contributed by atoms with Crippen molar-refractivity contribution < 1.29 is 4.74 Å². The van der Waals surface area contributed by atoms with Crippen LogP contribution in [0.5, 0.6) is 0 Å². The van der Waals surface area contributed by atoms with Crippen molar-refractivity contribution in [3.05, 3.63) is 99.5 Å². The molecule has 3 aromatic rings. The highest BCUT2D eigenvalue weighted by Crippen LogP contribution is 2.42. The van der Waals surface area contributed by atoms with Crippen molar-refractivity contribution in [3.63, 3.8) is 0 Å². The molecule has 3 aromatic carbocycles. The molecule has 2 heterocycles. The molecule has 5 rings (SSSR count). The van der Waals surface area contributed by atoms with E-state index in [9.17, 15) is 0 Å². The smallest absolute Gasteiger partial charge is 0.108 e. The van der Waals surface area contributed by atoms with Crippen molar-refractivity contribution in [2.45, 2.75) is 76.2 Å². The SMILES string of the molecule is CCCCc1cccc(N2[C@@H]3CC[C@H]2CC(OC(c2ccc(Cl)cc2)c2ccc(Cl)cc2)C3)c1. The van der Waals surface area contributed by atoms with Crippen LogP contribution < -0.4 is 4.90 Å². The van der Waals surface area contributed by atoms with Gasteiger partial charge in [-0.1, -0.05) is 72.9 Å². The second-order valence-electron chi connectivity index (χ2n) is 9.78. The third-order valence-electron chi connectivity index (χ3n) is 7.39. The second kappa shape index (κ2) is 10.7. The zero-order chi connectivity index (χ0) is 23.5. The molecule has 0 saturated carbocycles. The molecular weight excluding hydrogens is 461 g/mol. The average molecular weight is 495 g/mol. The number of anilines is 1. The van der Waals surface area contributed by atoms with Gasteiger partial charge in [-0.3, -0.25) is 0 Å². The lowest BCUT2D eigenvalue weighted by Gasteiger charge is -2.41. The summed E-state index contributed by atoms with van der Waals surface area (Å²) in [4.78, 5) is 2.69. The monoisotopic (exact) mass is 493 g/mol. The van der Waals surface area contributed by atoms with Crippen LogP contribution in [-0.4, -0.2) is 18.2 Å². The van der Waals surface area contributed by atoms with E-state index in [1.807, 2.05) is 24.3 Å². The average Bonchev–Trinajstić information content (AvgIpc) is 3.13. The molecule has 2 fully saturated rings. The molecule has 1 unspecified atom stereocenters. The quantitative estimate of drug-likeness (QED) is 0.311. The summed E-state index contributed by atoms with van der Waals surface area (Å²) in [5.74, 6) is 0. The van der Waals surface area contributed by atoms with Crippen LogP contribution >= 0.6 is 23.2 Å². The molecule has 0 aromatic heterocycles. The Labute approximate surface area is 213 Å². The topological polar surface area (TPSA) is 12.5 Å². The number of aryl methyl sites for hydroxylation is 1. The Morgan fingerprint density at radius 1 is 0.853 bits per heavy atom. The first-order chi connectivity index (χ1) is 16.6. The minimum absolute atomic E-state index is 0.122. The Hall–Kier alpha value is -2.00. The molecule has 0 spiro atoms. The molecule has 2 aliphatic rings. The van der Waals surface area contributed by atoms with Gasteiger partial charge in [-0.25, -0.2) is 0 Å². The Bertz CT molecular complexity index is 1020. The highest BCUT2D eigenvalue weighted by Gasteiger charge is 2.42. The van der Waals surface area contributed by atoms with Crippen molar-refractivity contribution in [3.8, 4) is 0 Å². The van der Waals surface area contributed by atoms with E-state index in [1.54, 1.807) is 0 Å². The molecule has 0 N–H and O–H groups in total. The van der Waals surface area contributed by atoms with Gasteiger partial charge in [0.15, 0.2) is 0 Å². The van der Waals surface area contributed by atoms with Gasteiger partial charge in [0.05, 0.1) is 6.10 Å². The highest BCUT2D eigenvalue weighted by molar-refractivity contribution is 6.30. The van der Waals surface area contributed by atoms with Gasteiger partial charge >= 0.3 is 0 Å². The van der Waals surface area contributed by atoms with Gasteiger partial charge < -0.3 is 9.64 Å². The second-order valence-corrected chi connectivity index (χ2v) is 10.7. The normalized spacial score (nSPS) is 21.9. The first kappa shape index (κ1) is 23.7. The molecule has 0 aliphatic carbocycles. The Kier molecular flexibility index (Phi) is 7.49. The van der Waals surface area contributed by atoms with Crippen molar-refractivity contribution in [1.82, 2.24) is 0 Å². The first-order valence-corrected chi connectivity index (χ1v) is 13.4. The van der Waals surface area contributed by atoms with Crippen molar-refractivity contribution in [1.29, 1.82) is 0 Å². The summed E-state index contributed by atoms with van der Waals surface area (Å²) >= 11 is 12.3. The summed E-state index contributed by atoms with van der Waals surface area (Å²) < 4.78 is 6.87. The van der Waals surface area contributed by atoms with Crippen LogP contribution in [-0.2, 0) is 11.2 Å². The van der Waals surface area contributed by atoms with Gasteiger partial charge in [0.25, 0.3) is 0 Å². The number of hydrogen-bond donors (Lipinski definition) is 0. The predicted molar refractivity (Wildman–Crippen MR) is 143 cm³/mol. The van der Waals surface area contributed by atoms with Crippen molar-refractivity contribution >= 4 is 28.9 Å². The third kappa shape index (κ3) is 5.30. The van der Waals surface area contributed by atoms with E-state index in [2.05, 4.69) is 60.4 Å². The summed E-state index contributed by atoms with van der Waals surface area (Å²) in [6, 6.07) is 26.4. The van der Waals surface area contributed by atoms with E-state index in [1.165, 1.54) is 43.4 Å². The van der Waals surface area contributed by atoms with Crippen LogP contribution in [0.1, 0.15) is 68.2 Å². The Morgan fingerprint density at radius 2 is 1.44 bits per heavy atom. The van der Waals surface area contributed by atoms with Crippen molar-refractivity contribution in [2.24, 2.45) is 0 Å².